The minimum absolute atomic E-state index is 0.0135. The van der Waals surface area contributed by atoms with E-state index in [4.69, 9.17) is 0 Å². The molecule has 0 spiro atoms. The lowest BCUT2D eigenvalue weighted by atomic mass is 10.1. The Morgan fingerprint density at radius 2 is 2.25 bits per heavy atom. The molecule has 1 N–H and O–H groups in total. The van der Waals surface area contributed by atoms with Gasteiger partial charge in [0.2, 0.25) is 11.8 Å². The van der Waals surface area contributed by atoms with Crippen LogP contribution in [0, 0.1) is 0 Å². The van der Waals surface area contributed by atoms with Crippen LogP contribution < -0.4 is 5.32 Å². The van der Waals surface area contributed by atoms with Gasteiger partial charge >= 0.3 is 0 Å². The Balaban J connectivity index is 2.23. The summed E-state index contributed by atoms with van der Waals surface area (Å²) in [5, 5.41) is 2.67. The first-order chi connectivity index (χ1) is 5.70. The molecule has 2 heterocycles. The first kappa shape index (κ1) is 7.58. The third-order valence-electron chi connectivity index (χ3n) is 2.57. The van der Waals surface area contributed by atoms with E-state index in [-0.39, 0.29) is 23.9 Å². The predicted molar refractivity (Wildman–Crippen MR) is 42.3 cm³/mol. The van der Waals surface area contributed by atoms with Crippen molar-refractivity contribution in [2.45, 2.75) is 31.8 Å². The zero-order chi connectivity index (χ0) is 8.72. The molecule has 2 saturated heterocycles. The van der Waals surface area contributed by atoms with Gasteiger partial charge in [-0.05, 0) is 19.8 Å². The van der Waals surface area contributed by atoms with Gasteiger partial charge < -0.3 is 10.2 Å². The van der Waals surface area contributed by atoms with Crippen LogP contribution in [0.4, 0.5) is 0 Å². The molecule has 2 amide bonds. The average molecular weight is 168 g/mol. The molecular weight excluding hydrogens is 156 g/mol. The largest absolute Gasteiger partial charge is 0.343 e. The van der Waals surface area contributed by atoms with Crippen molar-refractivity contribution >= 4 is 11.8 Å². The molecule has 4 nitrogen and oxygen atoms in total. The van der Waals surface area contributed by atoms with E-state index in [1.165, 1.54) is 0 Å². The lowest BCUT2D eigenvalue weighted by molar-refractivity contribution is -0.146. The van der Waals surface area contributed by atoms with Crippen LogP contribution in [0.2, 0.25) is 0 Å². The molecule has 2 fully saturated rings. The van der Waals surface area contributed by atoms with Crippen LogP contribution in [0.1, 0.15) is 19.8 Å². The van der Waals surface area contributed by atoms with Crippen molar-refractivity contribution in [2.24, 2.45) is 0 Å². The van der Waals surface area contributed by atoms with Gasteiger partial charge in [0.05, 0.1) is 0 Å². The topological polar surface area (TPSA) is 49.4 Å². The Morgan fingerprint density at radius 3 is 3.00 bits per heavy atom. The second-order valence-electron chi connectivity index (χ2n) is 3.42. The fourth-order valence-electron chi connectivity index (χ4n) is 1.92. The summed E-state index contributed by atoms with van der Waals surface area (Å²) >= 11 is 0. The van der Waals surface area contributed by atoms with Crippen LogP contribution in [0.25, 0.3) is 0 Å². The second-order valence-corrected chi connectivity index (χ2v) is 3.42. The standard InChI is InChI=1S/C8H12N2O2/c1-5-8(12)10-4-2-3-6(10)7(11)9-5/h5-6H,2-4H2,1H3,(H,9,11). The van der Waals surface area contributed by atoms with E-state index in [1.807, 2.05) is 0 Å². The summed E-state index contributed by atoms with van der Waals surface area (Å²) in [6.07, 6.45) is 1.78. The van der Waals surface area contributed by atoms with E-state index < -0.39 is 0 Å². The van der Waals surface area contributed by atoms with Crippen LogP contribution in [0.15, 0.2) is 0 Å². The van der Waals surface area contributed by atoms with E-state index >= 15 is 0 Å². The lowest BCUT2D eigenvalue weighted by Gasteiger charge is -2.32. The summed E-state index contributed by atoms with van der Waals surface area (Å²) in [6, 6.07) is -0.499. The third-order valence-corrected chi connectivity index (χ3v) is 2.57. The van der Waals surface area contributed by atoms with Crippen LogP contribution in [-0.4, -0.2) is 35.3 Å². The number of amides is 2. The van der Waals surface area contributed by atoms with Gasteiger partial charge in [-0.3, -0.25) is 9.59 Å². The number of hydrogen-bond acceptors (Lipinski definition) is 2. The smallest absolute Gasteiger partial charge is 0.245 e. The molecule has 2 aliphatic rings. The van der Waals surface area contributed by atoms with Gasteiger partial charge in [0, 0.05) is 6.54 Å². The first-order valence-electron chi connectivity index (χ1n) is 4.31. The molecule has 0 saturated carbocycles. The number of nitrogens with zero attached hydrogens (tertiary/aromatic N) is 1. The van der Waals surface area contributed by atoms with Gasteiger partial charge in [0.1, 0.15) is 12.1 Å². The number of hydrogen-bond donors (Lipinski definition) is 1. The van der Waals surface area contributed by atoms with Crippen molar-refractivity contribution in [1.29, 1.82) is 0 Å². The Bertz CT molecular complexity index is 239. The second kappa shape index (κ2) is 2.47. The number of carbonyl (C=O) groups excluding carboxylic acids is 2. The maximum Gasteiger partial charge on any atom is 0.245 e. The maximum atomic E-state index is 11.5. The normalized spacial score (nSPS) is 34.9. The zero-order valence-electron chi connectivity index (χ0n) is 7.04. The molecule has 0 aromatic carbocycles. The summed E-state index contributed by atoms with van der Waals surface area (Å²) < 4.78 is 0. The fourth-order valence-corrected chi connectivity index (χ4v) is 1.92. The summed E-state index contributed by atoms with van der Waals surface area (Å²) in [7, 11) is 0. The highest BCUT2D eigenvalue weighted by Crippen LogP contribution is 2.21. The minimum atomic E-state index is -0.327. The molecular formula is C8H12N2O2. The molecule has 0 bridgehead atoms. The maximum absolute atomic E-state index is 11.5. The van der Waals surface area contributed by atoms with E-state index in [0.29, 0.717) is 0 Å². The monoisotopic (exact) mass is 168 g/mol. The summed E-state index contributed by atoms with van der Waals surface area (Å²) in [6.45, 7) is 2.48. The highest BCUT2D eigenvalue weighted by atomic mass is 16.2. The van der Waals surface area contributed by atoms with Gasteiger partial charge in [-0.15, -0.1) is 0 Å². The SMILES string of the molecule is CC1NC(=O)C2CCCN2C1=O. The molecule has 2 unspecified atom stereocenters. The van der Waals surface area contributed by atoms with E-state index in [1.54, 1.807) is 11.8 Å². The predicted octanol–water partition coefficient (Wildman–Crippen LogP) is -0.504. The van der Waals surface area contributed by atoms with Crippen molar-refractivity contribution in [2.75, 3.05) is 6.54 Å². The molecule has 0 aliphatic carbocycles. The van der Waals surface area contributed by atoms with Crippen LogP contribution in [0.5, 0.6) is 0 Å². The first-order valence-corrected chi connectivity index (χ1v) is 4.31. The Labute approximate surface area is 70.9 Å². The van der Waals surface area contributed by atoms with Gasteiger partial charge in [-0.25, -0.2) is 0 Å². The molecule has 0 aromatic rings. The Hall–Kier alpha value is -1.06. The van der Waals surface area contributed by atoms with E-state index in [9.17, 15) is 9.59 Å². The minimum Gasteiger partial charge on any atom is -0.343 e. The molecule has 2 atom stereocenters. The molecule has 66 valence electrons. The average Bonchev–Trinajstić information content (AvgIpc) is 2.48. The van der Waals surface area contributed by atoms with Crippen molar-refractivity contribution in [3.63, 3.8) is 0 Å². The fraction of sp³-hybridized carbons (Fsp3) is 0.750. The van der Waals surface area contributed by atoms with Crippen LogP contribution >= 0.6 is 0 Å². The highest BCUT2D eigenvalue weighted by molar-refractivity contribution is 5.97. The lowest BCUT2D eigenvalue weighted by Crippen LogP contribution is -2.59. The molecule has 0 radical (unpaired) electrons. The molecule has 2 aliphatic heterocycles. The molecule has 2 rings (SSSR count). The number of nitrogens with one attached hydrogen (secondary N) is 1. The third kappa shape index (κ3) is 0.906. The summed E-state index contributed by atoms with van der Waals surface area (Å²) in [5.41, 5.74) is 0. The van der Waals surface area contributed by atoms with Gasteiger partial charge in [0.25, 0.3) is 0 Å². The Morgan fingerprint density at radius 1 is 1.50 bits per heavy atom. The molecule has 0 aromatic heterocycles. The highest BCUT2D eigenvalue weighted by Gasteiger charge is 2.40. The van der Waals surface area contributed by atoms with Gasteiger partial charge in [-0.2, -0.15) is 0 Å². The number of piperazine rings is 1. The summed E-state index contributed by atoms with van der Waals surface area (Å²) in [5.74, 6) is 0.0803. The van der Waals surface area contributed by atoms with Gasteiger partial charge in [-0.1, -0.05) is 0 Å². The number of rotatable bonds is 0. The quantitative estimate of drug-likeness (QED) is 0.530. The van der Waals surface area contributed by atoms with Gasteiger partial charge in [0.15, 0.2) is 0 Å². The van der Waals surface area contributed by atoms with E-state index in [2.05, 4.69) is 5.32 Å². The van der Waals surface area contributed by atoms with Crippen molar-refractivity contribution < 1.29 is 9.59 Å². The Kier molecular flexibility index (Phi) is 1.56. The molecule has 12 heavy (non-hydrogen) atoms. The number of fused-ring (bicyclic) bond motifs is 1. The van der Waals surface area contributed by atoms with Crippen LogP contribution in [0.3, 0.4) is 0 Å². The van der Waals surface area contributed by atoms with Crippen molar-refractivity contribution in [1.82, 2.24) is 10.2 Å². The van der Waals surface area contributed by atoms with Crippen LogP contribution in [-0.2, 0) is 9.59 Å². The van der Waals surface area contributed by atoms with Crippen molar-refractivity contribution in [3.8, 4) is 0 Å². The summed E-state index contributed by atoms with van der Waals surface area (Å²) in [4.78, 5) is 24.5. The van der Waals surface area contributed by atoms with E-state index in [0.717, 1.165) is 19.4 Å². The van der Waals surface area contributed by atoms with Crippen molar-refractivity contribution in [3.05, 3.63) is 0 Å². The number of carbonyl (C=O) groups is 2. The zero-order valence-corrected chi connectivity index (χ0v) is 7.04. The molecule has 4 heteroatoms.